The third kappa shape index (κ3) is 5.37. The summed E-state index contributed by atoms with van der Waals surface area (Å²) in [6.45, 7) is 12.7. The predicted molar refractivity (Wildman–Crippen MR) is 109 cm³/mol. The van der Waals surface area contributed by atoms with Crippen molar-refractivity contribution in [3.05, 3.63) is 48.4 Å². The van der Waals surface area contributed by atoms with E-state index in [9.17, 15) is 5.11 Å². The molecule has 0 spiro atoms. The summed E-state index contributed by atoms with van der Waals surface area (Å²) in [7, 11) is -0.513. The van der Waals surface area contributed by atoms with E-state index in [4.69, 9.17) is 18.3 Å². The van der Waals surface area contributed by atoms with Gasteiger partial charge in [-0.05, 0) is 61.5 Å². The van der Waals surface area contributed by atoms with Crippen molar-refractivity contribution in [2.75, 3.05) is 7.11 Å². The monoisotopic (exact) mass is 392 g/mol. The zero-order chi connectivity index (χ0) is 20.2. The first-order valence-electron chi connectivity index (χ1n) is 9.25. The second kappa shape index (κ2) is 8.50. The molecule has 0 radical (unpaired) electrons. The largest absolute Gasteiger partial charge is 0.497 e. The van der Waals surface area contributed by atoms with Crippen LogP contribution < -0.4 is 9.47 Å². The molecule has 0 aliphatic rings. The molecule has 2 aromatic rings. The molecule has 0 saturated heterocycles. The van der Waals surface area contributed by atoms with Crippen LogP contribution in [0, 0.1) is 0 Å². The highest BCUT2D eigenvalue weighted by molar-refractivity contribution is 6.74. The Kier molecular flexibility index (Phi) is 6.78. The number of hydrogen-bond donors (Lipinski definition) is 1. The van der Waals surface area contributed by atoms with Crippen LogP contribution in [0.1, 0.15) is 39.6 Å². The lowest BCUT2D eigenvalue weighted by Crippen LogP contribution is -2.49. The van der Waals surface area contributed by atoms with Gasteiger partial charge in [0.1, 0.15) is 35.6 Å². The lowest BCUT2D eigenvalue weighted by Gasteiger charge is -2.41. The Bertz CT molecular complexity index is 688. The fourth-order valence-corrected chi connectivity index (χ4v) is 3.85. The van der Waals surface area contributed by atoms with E-state index in [0.717, 1.165) is 5.75 Å². The molecule has 0 saturated carbocycles. The van der Waals surface area contributed by atoms with E-state index in [2.05, 4.69) is 33.9 Å². The van der Waals surface area contributed by atoms with Crippen LogP contribution in [0.2, 0.25) is 18.1 Å². The van der Waals surface area contributed by atoms with Crippen LogP contribution in [-0.2, 0) is 4.43 Å². The summed E-state index contributed by atoms with van der Waals surface area (Å²) in [6, 6.07) is 10.9. The van der Waals surface area contributed by atoms with Gasteiger partial charge < -0.3 is 23.4 Å². The minimum atomic E-state index is -2.14. The summed E-state index contributed by atoms with van der Waals surface area (Å²) < 4.78 is 23.2. The van der Waals surface area contributed by atoms with Crippen LogP contribution in [0.15, 0.2) is 47.1 Å². The molecule has 0 amide bonds. The lowest BCUT2D eigenvalue weighted by atomic mass is 10.1. The van der Waals surface area contributed by atoms with Gasteiger partial charge in [0.05, 0.1) is 13.4 Å². The van der Waals surface area contributed by atoms with Gasteiger partial charge in [-0.3, -0.25) is 0 Å². The average Bonchev–Trinajstić information content (AvgIpc) is 3.13. The summed E-state index contributed by atoms with van der Waals surface area (Å²) in [6.07, 6.45) is -0.300. The van der Waals surface area contributed by atoms with Crippen molar-refractivity contribution in [3.63, 3.8) is 0 Å². The van der Waals surface area contributed by atoms with Crippen LogP contribution in [0.25, 0.3) is 0 Å². The van der Waals surface area contributed by atoms with Crippen LogP contribution >= 0.6 is 0 Å². The summed E-state index contributed by atoms with van der Waals surface area (Å²) in [5.41, 5.74) is 0. The topological polar surface area (TPSA) is 61.1 Å². The van der Waals surface area contributed by atoms with Gasteiger partial charge >= 0.3 is 0 Å². The quantitative estimate of drug-likeness (QED) is 0.627. The van der Waals surface area contributed by atoms with Gasteiger partial charge in [0, 0.05) is 0 Å². The van der Waals surface area contributed by atoms with Crippen molar-refractivity contribution in [2.24, 2.45) is 0 Å². The lowest BCUT2D eigenvalue weighted by molar-refractivity contribution is -0.0440. The molecule has 1 aromatic heterocycles. The molecule has 3 atom stereocenters. The number of methoxy groups -OCH3 is 1. The maximum atomic E-state index is 10.9. The first kappa shape index (κ1) is 21.5. The highest BCUT2D eigenvalue weighted by Gasteiger charge is 2.43. The molecule has 0 bridgehead atoms. The number of ether oxygens (including phenoxy) is 2. The second-order valence-corrected chi connectivity index (χ2v) is 13.1. The first-order valence-corrected chi connectivity index (χ1v) is 12.2. The Morgan fingerprint density at radius 3 is 2.11 bits per heavy atom. The third-order valence-corrected chi connectivity index (χ3v) is 9.70. The van der Waals surface area contributed by atoms with Crippen molar-refractivity contribution in [1.29, 1.82) is 0 Å². The standard InChI is InChI=1S/C21H32O5Si/c1-15(25-17-12-10-16(23-5)11-13-17)20(19(22)18-9-8-14-24-18)26-27(6,7)21(2,3)4/h8-15,19-20,22H,1-7H3/t15-,19+,20-/m0/s1. The predicted octanol–water partition coefficient (Wildman–Crippen LogP) is 5.18. The summed E-state index contributed by atoms with van der Waals surface area (Å²) >= 11 is 0. The van der Waals surface area contributed by atoms with E-state index < -0.39 is 20.5 Å². The normalized spacial score (nSPS) is 15.9. The van der Waals surface area contributed by atoms with E-state index in [1.165, 1.54) is 0 Å². The van der Waals surface area contributed by atoms with E-state index in [-0.39, 0.29) is 11.1 Å². The highest BCUT2D eigenvalue weighted by Crippen LogP contribution is 2.39. The summed E-state index contributed by atoms with van der Waals surface area (Å²) in [5.74, 6) is 1.93. The number of furan rings is 1. The van der Waals surface area contributed by atoms with Crippen LogP contribution in [-0.4, -0.2) is 32.7 Å². The maximum absolute atomic E-state index is 10.9. The minimum absolute atomic E-state index is 0.00790. The van der Waals surface area contributed by atoms with Crippen molar-refractivity contribution in [1.82, 2.24) is 0 Å². The SMILES string of the molecule is COc1ccc(O[C@@H](C)[C@H](O[Si](C)(C)C(C)(C)C)[C@H](O)c2ccco2)cc1. The van der Waals surface area contributed by atoms with E-state index in [1.807, 2.05) is 31.2 Å². The van der Waals surface area contributed by atoms with Gasteiger partial charge in [-0.25, -0.2) is 0 Å². The minimum Gasteiger partial charge on any atom is -0.497 e. The molecule has 1 N–H and O–H groups in total. The molecule has 0 unspecified atom stereocenters. The average molecular weight is 393 g/mol. The number of aliphatic hydroxyl groups excluding tert-OH is 1. The number of aliphatic hydroxyl groups is 1. The molecular weight excluding hydrogens is 360 g/mol. The smallest absolute Gasteiger partial charge is 0.192 e. The molecule has 6 heteroatoms. The zero-order valence-corrected chi connectivity index (χ0v) is 18.4. The van der Waals surface area contributed by atoms with Crippen LogP contribution in [0.3, 0.4) is 0 Å². The van der Waals surface area contributed by atoms with Gasteiger partial charge in [-0.15, -0.1) is 0 Å². The van der Waals surface area contributed by atoms with Gasteiger partial charge in [0.25, 0.3) is 0 Å². The Labute approximate surface area is 163 Å². The molecule has 1 heterocycles. The summed E-state index contributed by atoms with van der Waals surface area (Å²) in [5, 5.41) is 10.9. The Balaban J connectivity index is 2.24. The second-order valence-electron chi connectivity index (χ2n) is 8.30. The van der Waals surface area contributed by atoms with Crippen molar-refractivity contribution in [3.8, 4) is 11.5 Å². The van der Waals surface area contributed by atoms with E-state index in [1.54, 1.807) is 25.5 Å². The molecule has 1 aromatic carbocycles. The maximum Gasteiger partial charge on any atom is 0.192 e. The fraction of sp³-hybridized carbons (Fsp3) is 0.524. The van der Waals surface area contributed by atoms with E-state index >= 15 is 0 Å². The molecule has 0 aliphatic carbocycles. The highest BCUT2D eigenvalue weighted by atomic mass is 28.4. The van der Waals surface area contributed by atoms with Crippen LogP contribution in [0.5, 0.6) is 11.5 Å². The van der Waals surface area contributed by atoms with E-state index in [0.29, 0.717) is 11.5 Å². The first-order chi connectivity index (χ1) is 12.5. The van der Waals surface area contributed by atoms with Gasteiger partial charge in [0.15, 0.2) is 8.32 Å². The van der Waals surface area contributed by atoms with Gasteiger partial charge in [-0.1, -0.05) is 20.8 Å². The Morgan fingerprint density at radius 1 is 1.04 bits per heavy atom. The Hall–Kier alpha value is -1.76. The fourth-order valence-electron chi connectivity index (χ4n) is 2.49. The molecule has 0 aliphatic heterocycles. The third-order valence-electron chi connectivity index (χ3n) is 5.23. The van der Waals surface area contributed by atoms with Gasteiger partial charge in [-0.2, -0.15) is 0 Å². The molecule has 150 valence electrons. The van der Waals surface area contributed by atoms with Crippen LogP contribution in [0.4, 0.5) is 0 Å². The number of rotatable bonds is 8. The molecule has 0 fully saturated rings. The molecule has 5 nitrogen and oxygen atoms in total. The Morgan fingerprint density at radius 2 is 1.63 bits per heavy atom. The zero-order valence-electron chi connectivity index (χ0n) is 17.4. The molecule has 2 rings (SSSR count). The molecular formula is C21H32O5Si. The van der Waals surface area contributed by atoms with Crippen molar-refractivity contribution in [2.45, 2.75) is 64.1 Å². The number of hydrogen-bond acceptors (Lipinski definition) is 5. The van der Waals surface area contributed by atoms with Crippen molar-refractivity contribution < 1.29 is 23.4 Å². The molecule has 27 heavy (non-hydrogen) atoms. The van der Waals surface area contributed by atoms with Crippen molar-refractivity contribution >= 4 is 8.32 Å². The number of benzene rings is 1. The summed E-state index contributed by atoms with van der Waals surface area (Å²) in [4.78, 5) is 0. The van der Waals surface area contributed by atoms with Gasteiger partial charge in [0.2, 0.25) is 0 Å².